The number of hydrogen-bond donors (Lipinski definition) is 1. The minimum atomic E-state index is -0.401. The molecule has 0 radical (unpaired) electrons. The Labute approximate surface area is 209 Å². The third-order valence-electron chi connectivity index (χ3n) is 6.24. The van der Waals surface area contributed by atoms with Crippen LogP contribution < -0.4 is 0 Å². The van der Waals surface area contributed by atoms with Crippen molar-refractivity contribution in [3.8, 4) is 33.9 Å². The van der Waals surface area contributed by atoms with Gasteiger partial charge in [0.05, 0.1) is 34.5 Å². The summed E-state index contributed by atoms with van der Waals surface area (Å²) in [4.78, 5) is 16.6. The molecule has 1 heterocycles. The van der Waals surface area contributed by atoms with Crippen molar-refractivity contribution in [1.29, 1.82) is 0 Å². The molecule has 0 bridgehead atoms. The summed E-state index contributed by atoms with van der Waals surface area (Å²) in [6.07, 6.45) is 0.537. The normalized spacial score (nSPS) is 11.8. The molecule has 6 heteroatoms. The molecule has 0 spiro atoms. The molecule has 0 aliphatic heterocycles. The van der Waals surface area contributed by atoms with E-state index in [-0.39, 0.29) is 17.2 Å². The van der Waals surface area contributed by atoms with Gasteiger partial charge in [-0.1, -0.05) is 103 Å². The van der Waals surface area contributed by atoms with Crippen LogP contribution in [0.2, 0.25) is 0 Å². The van der Waals surface area contributed by atoms with E-state index in [1.807, 2.05) is 95.6 Å². The van der Waals surface area contributed by atoms with Gasteiger partial charge in [0.15, 0.2) is 0 Å². The molecule has 1 aromatic heterocycles. The lowest BCUT2D eigenvalue weighted by molar-refractivity contribution is -0.384. The molecule has 36 heavy (non-hydrogen) atoms. The average molecular weight is 476 g/mol. The van der Waals surface area contributed by atoms with Crippen molar-refractivity contribution in [2.45, 2.75) is 12.5 Å². The molecule has 6 nitrogen and oxygen atoms in total. The molecule has 178 valence electrons. The van der Waals surface area contributed by atoms with E-state index in [2.05, 4.69) is 0 Å². The maximum absolute atomic E-state index is 12.0. The Balaban J connectivity index is 1.84. The van der Waals surface area contributed by atoms with E-state index in [1.165, 1.54) is 6.07 Å². The molecule has 0 saturated carbocycles. The summed E-state index contributed by atoms with van der Waals surface area (Å²) >= 11 is 0. The smallest absolute Gasteiger partial charge is 0.280 e. The number of para-hydroxylation sites is 1. The molecular formula is C30H25N3O3. The molecule has 0 aliphatic carbocycles. The number of benzene rings is 4. The standard InChI is InChI=1S/C30H25N3O3/c34-21-25(20-22-12-4-1-5-13-22)32-29(24-16-8-3-9-17-24)28(23-14-6-2-7-15-23)31-30(32)26-18-10-11-19-27(26)33(35)36/h1-19,25,34H,20-21H2/t25-/m0/s1. The predicted molar refractivity (Wildman–Crippen MR) is 141 cm³/mol. The van der Waals surface area contributed by atoms with E-state index in [9.17, 15) is 15.2 Å². The minimum absolute atomic E-state index is 0.0284. The van der Waals surface area contributed by atoms with Gasteiger partial charge < -0.3 is 9.67 Å². The largest absolute Gasteiger partial charge is 0.394 e. The summed E-state index contributed by atoms with van der Waals surface area (Å²) < 4.78 is 1.98. The van der Waals surface area contributed by atoms with Crippen molar-refractivity contribution in [3.63, 3.8) is 0 Å². The van der Waals surface area contributed by atoms with Gasteiger partial charge in [-0.3, -0.25) is 10.1 Å². The Bertz CT molecular complexity index is 1470. The van der Waals surface area contributed by atoms with E-state index in [1.54, 1.807) is 18.2 Å². The number of hydrogen-bond acceptors (Lipinski definition) is 4. The molecule has 1 N–H and O–H groups in total. The lowest BCUT2D eigenvalue weighted by atomic mass is 10.0. The number of imidazole rings is 1. The van der Waals surface area contributed by atoms with Crippen molar-refractivity contribution < 1.29 is 10.0 Å². The van der Waals surface area contributed by atoms with Crippen molar-refractivity contribution in [2.24, 2.45) is 0 Å². The van der Waals surface area contributed by atoms with Crippen LogP contribution in [0.5, 0.6) is 0 Å². The van der Waals surface area contributed by atoms with Crippen LogP contribution in [-0.4, -0.2) is 26.2 Å². The SMILES string of the molecule is O=[N+]([O-])c1ccccc1-c1nc(-c2ccccc2)c(-c2ccccc2)n1[C@H](CO)Cc1ccccc1. The van der Waals surface area contributed by atoms with Crippen LogP contribution in [0.15, 0.2) is 115 Å². The fourth-order valence-electron chi connectivity index (χ4n) is 4.59. The summed E-state index contributed by atoms with van der Waals surface area (Å²) in [5.41, 5.74) is 4.77. The Kier molecular flexibility index (Phi) is 6.69. The highest BCUT2D eigenvalue weighted by Crippen LogP contribution is 2.41. The van der Waals surface area contributed by atoms with Gasteiger partial charge in [0, 0.05) is 17.2 Å². The Hall–Kier alpha value is -4.55. The van der Waals surface area contributed by atoms with Gasteiger partial charge in [0.1, 0.15) is 5.82 Å². The second kappa shape index (κ2) is 10.4. The van der Waals surface area contributed by atoms with Gasteiger partial charge in [-0.25, -0.2) is 4.98 Å². The molecule has 0 saturated heterocycles. The molecule has 5 aromatic rings. The van der Waals surface area contributed by atoms with Crippen LogP contribution in [0.4, 0.5) is 5.69 Å². The first-order valence-electron chi connectivity index (χ1n) is 11.8. The molecule has 0 aliphatic rings. The fourth-order valence-corrected chi connectivity index (χ4v) is 4.59. The highest BCUT2D eigenvalue weighted by molar-refractivity contribution is 5.84. The summed E-state index contributed by atoms with van der Waals surface area (Å²) in [6.45, 7) is -0.160. The average Bonchev–Trinajstić information content (AvgIpc) is 3.33. The number of aliphatic hydroxyl groups excluding tert-OH is 1. The number of aromatic nitrogens is 2. The molecule has 0 unspecified atom stereocenters. The quantitative estimate of drug-likeness (QED) is 0.203. The van der Waals surface area contributed by atoms with E-state index in [4.69, 9.17) is 4.98 Å². The molecule has 4 aromatic carbocycles. The molecule has 0 fully saturated rings. The second-order valence-corrected chi connectivity index (χ2v) is 8.54. The van der Waals surface area contributed by atoms with Crippen LogP contribution in [0.25, 0.3) is 33.9 Å². The number of aliphatic hydroxyl groups is 1. The van der Waals surface area contributed by atoms with E-state index >= 15 is 0 Å². The van der Waals surface area contributed by atoms with Gasteiger partial charge in [-0.05, 0) is 18.1 Å². The van der Waals surface area contributed by atoms with E-state index in [0.29, 0.717) is 23.5 Å². The predicted octanol–water partition coefficient (Wildman–Crippen LogP) is 6.57. The zero-order chi connectivity index (χ0) is 24.9. The Morgan fingerprint density at radius 2 is 1.33 bits per heavy atom. The summed E-state index contributed by atoms with van der Waals surface area (Å²) in [6, 6.07) is 35.8. The van der Waals surface area contributed by atoms with E-state index in [0.717, 1.165) is 22.4 Å². The van der Waals surface area contributed by atoms with Crippen molar-refractivity contribution in [1.82, 2.24) is 9.55 Å². The van der Waals surface area contributed by atoms with Crippen LogP contribution in [0.3, 0.4) is 0 Å². The first-order chi connectivity index (χ1) is 17.7. The van der Waals surface area contributed by atoms with Crippen molar-refractivity contribution >= 4 is 5.69 Å². The number of rotatable bonds is 8. The lowest BCUT2D eigenvalue weighted by Crippen LogP contribution is -2.18. The lowest BCUT2D eigenvalue weighted by Gasteiger charge is -2.22. The van der Waals surface area contributed by atoms with Gasteiger partial charge in [0.2, 0.25) is 0 Å². The highest BCUT2D eigenvalue weighted by Gasteiger charge is 2.29. The minimum Gasteiger partial charge on any atom is -0.394 e. The van der Waals surface area contributed by atoms with Gasteiger partial charge in [0.25, 0.3) is 5.69 Å². The molecule has 1 atom stereocenters. The number of nitro groups is 1. The number of nitro benzene ring substituents is 1. The van der Waals surface area contributed by atoms with Crippen LogP contribution in [-0.2, 0) is 6.42 Å². The second-order valence-electron chi connectivity index (χ2n) is 8.54. The summed E-state index contributed by atoms with van der Waals surface area (Å²) in [5.74, 6) is 0.454. The van der Waals surface area contributed by atoms with Crippen molar-refractivity contribution in [2.75, 3.05) is 6.61 Å². The summed E-state index contributed by atoms with van der Waals surface area (Å²) in [5, 5.41) is 22.6. The molecule has 0 amide bonds. The highest BCUT2D eigenvalue weighted by atomic mass is 16.6. The Morgan fingerprint density at radius 1 is 0.778 bits per heavy atom. The maximum Gasteiger partial charge on any atom is 0.280 e. The summed E-state index contributed by atoms with van der Waals surface area (Å²) in [7, 11) is 0. The van der Waals surface area contributed by atoms with E-state index < -0.39 is 6.04 Å². The third-order valence-corrected chi connectivity index (χ3v) is 6.24. The Morgan fingerprint density at radius 3 is 1.94 bits per heavy atom. The maximum atomic E-state index is 12.0. The van der Waals surface area contributed by atoms with Crippen molar-refractivity contribution in [3.05, 3.63) is 131 Å². The number of nitrogens with zero attached hydrogens (tertiary/aromatic N) is 3. The van der Waals surface area contributed by atoms with Crippen LogP contribution >= 0.6 is 0 Å². The molecule has 5 rings (SSSR count). The molecular weight excluding hydrogens is 450 g/mol. The topological polar surface area (TPSA) is 81.2 Å². The van der Waals surface area contributed by atoms with Gasteiger partial charge in [-0.2, -0.15) is 0 Å². The van der Waals surface area contributed by atoms with Crippen LogP contribution in [0.1, 0.15) is 11.6 Å². The zero-order valence-electron chi connectivity index (χ0n) is 19.6. The zero-order valence-corrected chi connectivity index (χ0v) is 19.6. The first-order valence-corrected chi connectivity index (χ1v) is 11.8. The van der Waals surface area contributed by atoms with Crippen LogP contribution in [0, 0.1) is 10.1 Å². The third kappa shape index (κ3) is 4.54. The van der Waals surface area contributed by atoms with Gasteiger partial charge in [-0.15, -0.1) is 0 Å². The fraction of sp³-hybridized carbons (Fsp3) is 0.100. The van der Waals surface area contributed by atoms with Gasteiger partial charge >= 0.3 is 0 Å². The monoisotopic (exact) mass is 475 g/mol. The first kappa shape index (κ1) is 23.2.